The van der Waals surface area contributed by atoms with Crippen LogP contribution in [0.15, 0.2) is 12.3 Å². The maximum atomic E-state index is 12.2. The Hall–Kier alpha value is -1.85. The van der Waals surface area contributed by atoms with Gasteiger partial charge in [-0.2, -0.15) is 5.10 Å². The number of nitrogens with zero attached hydrogens (tertiary/aromatic N) is 2. The SMILES string of the molecule is CCC1C[C@H](C(=O)NCCc2ccnn2C)[C@H](C(=O)O)C1. The van der Waals surface area contributed by atoms with Gasteiger partial charge in [-0.05, 0) is 24.8 Å². The molecule has 1 saturated carbocycles. The maximum Gasteiger partial charge on any atom is 0.307 e. The molecule has 2 N–H and O–H groups in total. The summed E-state index contributed by atoms with van der Waals surface area (Å²) in [6, 6.07) is 1.91. The molecule has 6 heteroatoms. The number of carbonyl (C=O) groups is 2. The van der Waals surface area contributed by atoms with Gasteiger partial charge in [0.1, 0.15) is 0 Å². The van der Waals surface area contributed by atoms with Gasteiger partial charge in [0, 0.05) is 31.9 Å². The van der Waals surface area contributed by atoms with Gasteiger partial charge in [0.05, 0.1) is 11.8 Å². The van der Waals surface area contributed by atoms with Crippen LogP contribution in [0.25, 0.3) is 0 Å². The molecule has 0 spiro atoms. The molecule has 1 heterocycles. The first kappa shape index (κ1) is 15.5. The van der Waals surface area contributed by atoms with E-state index in [9.17, 15) is 14.7 Å². The van der Waals surface area contributed by atoms with Gasteiger partial charge in [0.15, 0.2) is 0 Å². The standard InChI is InChI=1S/C15H23N3O3/c1-3-10-8-12(13(9-10)15(20)21)14(19)16-6-4-11-5-7-17-18(11)2/h5,7,10,12-13H,3-4,6,8-9H2,1-2H3,(H,16,19)(H,20,21)/t10?,12-,13+/m0/s1. The highest BCUT2D eigenvalue weighted by atomic mass is 16.4. The van der Waals surface area contributed by atoms with Gasteiger partial charge in [-0.15, -0.1) is 0 Å². The highest BCUT2D eigenvalue weighted by Crippen LogP contribution is 2.38. The van der Waals surface area contributed by atoms with Crippen molar-refractivity contribution in [3.05, 3.63) is 18.0 Å². The van der Waals surface area contributed by atoms with E-state index < -0.39 is 11.9 Å². The molecule has 1 fully saturated rings. The number of aliphatic carboxylic acids is 1. The van der Waals surface area contributed by atoms with Gasteiger partial charge in [-0.25, -0.2) is 0 Å². The van der Waals surface area contributed by atoms with Gasteiger partial charge < -0.3 is 10.4 Å². The third kappa shape index (κ3) is 3.62. The second kappa shape index (κ2) is 6.74. The first-order chi connectivity index (χ1) is 10.0. The summed E-state index contributed by atoms with van der Waals surface area (Å²) < 4.78 is 1.77. The van der Waals surface area contributed by atoms with Crippen molar-refractivity contribution >= 4 is 11.9 Å². The number of aryl methyl sites for hydroxylation is 1. The minimum absolute atomic E-state index is 0.125. The molecule has 1 unspecified atom stereocenters. The van der Waals surface area contributed by atoms with Crippen LogP contribution >= 0.6 is 0 Å². The van der Waals surface area contributed by atoms with Crippen LogP contribution in [0.1, 0.15) is 31.9 Å². The lowest BCUT2D eigenvalue weighted by atomic mass is 9.95. The van der Waals surface area contributed by atoms with E-state index in [0.29, 0.717) is 31.7 Å². The third-order valence-corrected chi connectivity index (χ3v) is 4.49. The van der Waals surface area contributed by atoms with Crippen molar-refractivity contribution in [1.82, 2.24) is 15.1 Å². The zero-order valence-corrected chi connectivity index (χ0v) is 12.6. The molecule has 0 radical (unpaired) electrons. The van der Waals surface area contributed by atoms with Gasteiger partial charge in [-0.1, -0.05) is 13.3 Å². The zero-order chi connectivity index (χ0) is 15.4. The van der Waals surface area contributed by atoms with Gasteiger partial charge in [0.25, 0.3) is 0 Å². The molecule has 1 aliphatic carbocycles. The number of carbonyl (C=O) groups excluding carboxylic acids is 1. The Kier molecular flexibility index (Phi) is 4.98. The summed E-state index contributed by atoms with van der Waals surface area (Å²) in [6.07, 6.45) is 4.66. The van der Waals surface area contributed by atoms with Crippen molar-refractivity contribution in [3.63, 3.8) is 0 Å². The lowest BCUT2D eigenvalue weighted by Gasteiger charge is -2.15. The fraction of sp³-hybridized carbons (Fsp3) is 0.667. The first-order valence-electron chi connectivity index (χ1n) is 7.50. The summed E-state index contributed by atoms with van der Waals surface area (Å²) in [7, 11) is 1.86. The molecule has 0 bridgehead atoms. The van der Waals surface area contributed by atoms with Crippen LogP contribution in [0.3, 0.4) is 0 Å². The van der Waals surface area contributed by atoms with E-state index in [1.165, 1.54) is 0 Å². The van der Waals surface area contributed by atoms with Crippen molar-refractivity contribution in [2.45, 2.75) is 32.6 Å². The molecule has 1 aliphatic rings. The van der Waals surface area contributed by atoms with E-state index in [0.717, 1.165) is 12.1 Å². The predicted molar refractivity (Wildman–Crippen MR) is 77.6 cm³/mol. The Morgan fingerprint density at radius 1 is 1.43 bits per heavy atom. The van der Waals surface area contributed by atoms with Gasteiger partial charge >= 0.3 is 5.97 Å². The predicted octanol–water partition coefficient (Wildman–Crippen LogP) is 1.22. The second-order valence-electron chi connectivity index (χ2n) is 5.78. The Bertz CT molecular complexity index is 512. The maximum absolute atomic E-state index is 12.2. The first-order valence-corrected chi connectivity index (χ1v) is 7.50. The number of carboxylic acid groups (broad SMARTS) is 1. The average molecular weight is 293 g/mol. The normalized spacial score (nSPS) is 25.0. The molecule has 6 nitrogen and oxygen atoms in total. The van der Waals surface area contributed by atoms with E-state index >= 15 is 0 Å². The van der Waals surface area contributed by atoms with E-state index in [-0.39, 0.29) is 11.8 Å². The smallest absolute Gasteiger partial charge is 0.307 e. The Balaban J connectivity index is 1.87. The van der Waals surface area contributed by atoms with Crippen LogP contribution in [0.5, 0.6) is 0 Å². The molecule has 116 valence electrons. The van der Waals surface area contributed by atoms with Crippen LogP contribution in [-0.4, -0.2) is 33.3 Å². The van der Waals surface area contributed by atoms with Crippen molar-refractivity contribution in [2.75, 3.05) is 6.54 Å². The summed E-state index contributed by atoms with van der Waals surface area (Å²) >= 11 is 0. The molecule has 3 atom stereocenters. The van der Waals surface area contributed by atoms with Crippen LogP contribution in [0, 0.1) is 17.8 Å². The number of nitrogens with one attached hydrogen (secondary N) is 1. The minimum Gasteiger partial charge on any atom is -0.481 e. The summed E-state index contributed by atoms with van der Waals surface area (Å²) in [5, 5.41) is 16.2. The van der Waals surface area contributed by atoms with E-state index in [1.807, 2.05) is 20.0 Å². The quantitative estimate of drug-likeness (QED) is 0.826. The number of amides is 1. The zero-order valence-electron chi connectivity index (χ0n) is 12.6. The van der Waals surface area contributed by atoms with Crippen molar-refractivity contribution < 1.29 is 14.7 Å². The van der Waals surface area contributed by atoms with Gasteiger partial charge in [-0.3, -0.25) is 14.3 Å². The van der Waals surface area contributed by atoms with Crippen LogP contribution in [0.2, 0.25) is 0 Å². The summed E-state index contributed by atoms with van der Waals surface area (Å²) in [5.74, 6) is -1.55. The van der Waals surface area contributed by atoms with Crippen LogP contribution in [-0.2, 0) is 23.1 Å². The van der Waals surface area contributed by atoms with Crippen molar-refractivity contribution in [1.29, 1.82) is 0 Å². The van der Waals surface area contributed by atoms with E-state index in [2.05, 4.69) is 10.4 Å². The third-order valence-electron chi connectivity index (χ3n) is 4.49. The molecule has 1 amide bonds. The molecule has 1 aromatic rings. The molecule has 2 rings (SSSR count). The van der Waals surface area contributed by atoms with Crippen molar-refractivity contribution in [3.8, 4) is 0 Å². The lowest BCUT2D eigenvalue weighted by molar-refractivity contribution is -0.146. The van der Waals surface area contributed by atoms with E-state index in [4.69, 9.17) is 0 Å². The fourth-order valence-corrected chi connectivity index (χ4v) is 3.13. The fourth-order valence-electron chi connectivity index (χ4n) is 3.13. The lowest BCUT2D eigenvalue weighted by Crippen LogP contribution is -2.36. The number of hydrogen-bond donors (Lipinski definition) is 2. The molecule has 0 aliphatic heterocycles. The topological polar surface area (TPSA) is 84.2 Å². The second-order valence-corrected chi connectivity index (χ2v) is 5.78. The molecule has 21 heavy (non-hydrogen) atoms. The Morgan fingerprint density at radius 3 is 2.71 bits per heavy atom. The minimum atomic E-state index is -0.849. The Morgan fingerprint density at radius 2 is 2.14 bits per heavy atom. The summed E-state index contributed by atoms with van der Waals surface area (Å²) in [6.45, 7) is 2.56. The van der Waals surface area contributed by atoms with Crippen LogP contribution < -0.4 is 5.32 Å². The molecule has 0 saturated heterocycles. The van der Waals surface area contributed by atoms with E-state index in [1.54, 1.807) is 10.9 Å². The highest BCUT2D eigenvalue weighted by Gasteiger charge is 2.41. The highest BCUT2D eigenvalue weighted by molar-refractivity contribution is 5.85. The molecular formula is C15H23N3O3. The van der Waals surface area contributed by atoms with Crippen molar-refractivity contribution in [2.24, 2.45) is 24.8 Å². The number of aromatic nitrogens is 2. The van der Waals surface area contributed by atoms with Gasteiger partial charge in [0.2, 0.25) is 5.91 Å². The number of carboxylic acids is 1. The largest absolute Gasteiger partial charge is 0.481 e. The molecular weight excluding hydrogens is 270 g/mol. The molecule has 1 aromatic heterocycles. The van der Waals surface area contributed by atoms with Crippen LogP contribution in [0.4, 0.5) is 0 Å². The summed E-state index contributed by atoms with van der Waals surface area (Å²) in [4.78, 5) is 23.5. The molecule has 0 aromatic carbocycles. The summed E-state index contributed by atoms with van der Waals surface area (Å²) in [5.41, 5.74) is 1.04. The number of rotatable bonds is 6. The number of hydrogen-bond acceptors (Lipinski definition) is 3. The monoisotopic (exact) mass is 293 g/mol. The Labute approximate surface area is 124 Å². The average Bonchev–Trinajstić information content (AvgIpc) is 3.05.